The van der Waals surface area contributed by atoms with Gasteiger partial charge in [-0.1, -0.05) is 24.3 Å². The molecule has 3 rings (SSSR count). The fraction of sp³-hybridized carbons (Fsp3) is 0.125. The average molecular weight is 291 g/mol. The second-order valence-electron chi connectivity index (χ2n) is 4.85. The van der Waals surface area contributed by atoms with Crippen molar-refractivity contribution in [2.24, 2.45) is 0 Å². The zero-order valence-electron chi connectivity index (χ0n) is 11.2. The van der Waals surface area contributed by atoms with E-state index in [-0.39, 0.29) is 5.75 Å². The molecular formula is C16H12F3NO. The summed E-state index contributed by atoms with van der Waals surface area (Å²) in [6, 6.07) is 13.8. The molecule has 0 aliphatic heterocycles. The van der Waals surface area contributed by atoms with E-state index >= 15 is 0 Å². The summed E-state index contributed by atoms with van der Waals surface area (Å²) in [6.45, 7) is 1.98. The third kappa shape index (κ3) is 3.02. The quantitative estimate of drug-likeness (QED) is 0.702. The third-order valence-electron chi connectivity index (χ3n) is 3.16. The highest BCUT2D eigenvalue weighted by Gasteiger charge is 2.31. The van der Waals surface area contributed by atoms with Crippen LogP contribution in [-0.4, -0.2) is 11.3 Å². The molecule has 0 amide bonds. The number of alkyl halides is 3. The maximum absolute atomic E-state index is 12.3. The minimum absolute atomic E-state index is 0.227. The number of fused-ring (bicyclic) bond motifs is 1. The molecule has 0 fully saturated rings. The maximum atomic E-state index is 12.3. The van der Waals surface area contributed by atoms with E-state index in [4.69, 9.17) is 0 Å². The van der Waals surface area contributed by atoms with Gasteiger partial charge in [0.15, 0.2) is 0 Å². The molecule has 1 heterocycles. The summed E-state index contributed by atoms with van der Waals surface area (Å²) in [5.74, 6) is -0.227. The maximum Gasteiger partial charge on any atom is 0.573 e. The summed E-state index contributed by atoms with van der Waals surface area (Å²) in [4.78, 5) is 3.21. The molecule has 21 heavy (non-hydrogen) atoms. The highest BCUT2D eigenvalue weighted by Crippen LogP contribution is 2.29. The van der Waals surface area contributed by atoms with Crippen LogP contribution in [0.5, 0.6) is 5.75 Å². The zero-order chi connectivity index (χ0) is 15.0. The van der Waals surface area contributed by atoms with Gasteiger partial charge in [-0.05, 0) is 36.8 Å². The van der Waals surface area contributed by atoms with Crippen molar-refractivity contribution in [3.05, 3.63) is 54.1 Å². The van der Waals surface area contributed by atoms with Crippen LogP contribution >= 0.6 is 0 Å². The summed E-state index contributed by atoms with van der Waals surface area (Å²) < 4.78 is 40.7. The van der Waals surface area contributed by atoms with Gasteiger partial charge in [-0.2, -0.15) is 0 Å². The van der Waals surface area contributed by atoms with Crippen LogP contribution in [0.25, 0.3) is 22.2 Å². The lowest BCUT2D eigenvalue weighted by molar-refractivity contribution is -0.274. The van der Waals surface area contributed by atoms with Crippen LogP contribution in [0.3, 0.4) is 0 Å². The zero-order valence-corrected chi connectivity index (χ0v) is 11.2. The highest BCUT2D eigenvalue weighted by molar-refractivity contribution is 5.86. The molecule has 3 aromatic rings. The largest absolute Gasteiger partial charge is 0.573 e. The number of halogens is 3. The Morgan fingerprint density at radius 2 is 1.81 bits per heavy atom. The molecule has 0 aliphatic rings. The van der Waals surface area contributed by atoms with E-state index in [1.54, 1.807) is 6.07 Å². The van der Waals surface area contributed by atoms with Gasteiger partial charge in [0.1, 0.15) is 5.75 Å². The molecule has 108 valence electrons. The summed E-state index contributed by atoms with van der Waals surface area (Å²) in [5, 5.41) is 1.01. The molecule has 0 radical (unpaired) electrons. The van der Waals surface area contributed by atoms with Crippen LogP contribution in [-0.2, 0) is 0 Å². The minimum Gasteiger partial charge on any atom is -0.406 e. The van der Waals surface area contributed by atoms with Crippen LogP contribution in [0.2, 0.25) is 0 Å². The lowest BCUT2D eigenvalue weighted by Crippen LogP contribution is -2.17. The van der Waals surface area contributed by atoms with E-state index in [1.165, 1.54) is 18.2 Å². The number of aromatic amines is 1. The van der Waals surface area contributed by atoms with E-state index in [0.29, 0.717) is 5.56 Å². The Labute approximate surface area is 119 Å². The number of H-pyrrole nitrogens is 1. The number of hydrogen-bond acceptors (Lipinski definition) is 1. The normalized spacial score (nSPS) is 11.8. The standard InChI is InChI=1S/C16H12F3NO/c1-10-5-6-12-9-15(20-14(12)7-10)11-3-2-4-13(8-11)21-16(17,18)19/h2-9,20H,1H3. The lowest BCUT2D eigenvalue weighted by atomic mass is 10.1. The number of benzene rings is 2. The molecule has 5 heteroatoms. The van der Waals surface area contributed by atoms with Crippen molar-refractivity contribution < 1.29 is 17.9 Å². The molecule has 1 aromatic heterocycles. The Kier molecular flexibility index (Phi) is 3.12. The molecule has 2 nitrogen and oxygen atoms in total. The topological polar surface area (TPSA) is 25.0 Å². The van der Waals surface area contributed by atoms with E-state index < -0.39 is 6.36 Å². The fourth-order valence-corrected chi connectivity index (χ4v) is 2.26. The number of nitrogens with one attached hydrogen (secondary N) is 1. The molecule has 0 aliphatic carbocycles. The van der Waals surface area contributed by atoms with Gasteiger partial charge in [-0.25, -0.2) is 0 Å². The van der Waals surface area contributed by atoms with E-state index in [0.717, 1.165) is 22.2 Å². The first kappa shape index (κ1) is 13.5. The summed E-state index contributed by atoms with van der Waals surface area (Å²) in [7, 11) is 0. The number of rotatable bonds is 2. The Morgan fingerprint density at radius 1 is 1.00 bits per heavy atom. The van der Waals surface area contributed by atoms with Crippen molar-refractivity contribution in [2.75, 3.05) is 0 Å². The third-order valence-corrected chi connectivity index (χ3v) is 3.16. The van der Waals surface area contributed by atoms with Gasteiger partial charge in [0.25, 0.3) is 0 Å². The van der Waals surface area contributed by atoms with Crippen LogP contribution in [0.15, 0.2) is 48.5 Å². The van der Waals surface area contributed by atoms with Gasteiger partial charge < -0.3 is 9.72 Å². The van der Waals surface area contributed by atoms with Gasteiger partial charge in [0.05, 0.1) is 0 Å². The first-order valence-corrected chi connectivity index (χ1v) is 6.36. The number of hydrogen-bond donors (Lipinski definition) is 1. The van der Waals surface area contributed by atoms with Gasteiger partial charge >= 0.3 is 6.36 Å². The molecular weight excluding hydrogens is 279 g/mol. The SMILES string of the molecule is Cc1ccc2cc(-c3cccc(OC(F)(F)F)c3)[nH]c2c1. The first-order valence-electron chi connectivity index (χ1n) is 6.36. The van der Waals surface area contributed by atoms with E-state index in [9.17, 15) is 13.2 Å². The van der Waals surface area contributed by atoms with E-state index in [2.05, 4.69) is 9.72 Å². The summed E-state index contributed by atoms with van der Waals surface area (Å²) in [6.07, 6.45) is -4.68. The van der Waals surface area contributed by atoms with Gasteiger partial charge in [0.2, 0.25) is 0 Å². The van der Waals surface area contributed by atoms with Crippen molar-refractivity contribution in [1.29, 1.82) is 0 Å². The van der Waals surface area contributed by atoms with Crippen LogP contribution < -0.4 is 4.74 Å². The molecule has 0 bridgehead atoms. The van der Waals surface area contributed by atoms with Crippen molar-refractivity contribution >= 4 is 10.9 Å². The van der Waals surface area contributed by atoms with Gasteiger partial charge in [0, 0.05) is 22.2 Å². The highest BCUT2D eigenvalue weighted by atomic mass is 19.4. The van der Waals surface area contributed by atoms with Crippen molar-refractivity contribution in [3.63, 3.8) is 0 Å². The predicted molar refractivity (Wildman–Crippen MR) is 75.2 cm³/mol. The van der Waals surface area contributed by atoms with Gasteiger partial charge in [-0.15, -0.1) is 13.2 Å². The number of aromatic nitrogens is 1. The first-order chi connectivity index (χ1) is 9.90. The molecule has 2 aromatic carbocycles. The van der Waals surface area contributed by atoms with Crippen LogP contribution in [0.1, 0.15) is 5.56 Å². The minimum atomic E-state index is -4.68. The lowest BCUT2D eigenvalue weighted by Gasteiger charge is -2.09. The number of ether oxygens (including phenoxy) is 1. The molecule has 0 saturated heterocycles. The summed E-state index contributed by atoms with van der Waals surface area (Å²) >= 11 is 0. The second kappa shape index (κ2) is 4.84. The van der Waals surface area contributed by atoms with Crippen LogP contribution in [0, 0.1) is 6.92 Å². The van der Waals surface area contributed by atoms with Crippen molar-refractivity contribution in [1.82, 2.24) is 4.98 Å². The Hall–Kier alpha value is -2.43. The molecule has 0 atom stereocenters. The van der Waals surface area contributed by atoms with Gasteiger partial charge in [-0.3, -0.25) is 0 Å². The molecule has 0 unspecified atom stereocenters. The molecule has 0 spiro atoms. The average Bonchev–Trinajstić information content (AvgIpc) is 2.80. The monoisotopic (exact) mass is 291 g/mol. The van der Waals surface area contributed by atoms with Crippen molar-refractivity contribution in [3.8, 4) is 17.0 Å². The van der Waals surface area contributed by atoms with E-state index in [1.807, 2.05) is 31.2 Å². The molecule has 0 saturated carbocycles. The predicted octanol–water partition coefficient (Wildman–Crippen LogP) is 5.04. The Bertz CT molecular complexity index is 790. The Balaban J connectivity index is 2.00. The van der Waals surface area contributed by atoms with Crippen LogP contribution in [0.4, 0.5) is 13.2 Å². The summed E-state index contributed by atoms with van der Waals surface area (Å²) in [5.41, 5.74) is 3.46. The smallest absolute Gasteiger partial charge is 0.406 e. The second-order valence-corrected chi connectivity index (χ2v) is 4.85. The Morgan fingerprint density at radius 3 is 2.57 bits per heavy atom. The molecule has 1 N–H and O–H groups in total. The number of aryl methyl sites for hydroxylation is 1. The fourth-order valence-electron chi connectivity index (χ4n) is 2.26. The van der Waals surface area contributed by atoms with Crippen molar-refractivity contribution in [2.45, 2.75) is 13.3 Å².